The molecule has 0 saturated heterocycles. The van der Waals surface area contributed by atoms with Crippen LogP contribution in [0.1, 0.15) is 17.7 Å². The minimum absolute atomic E-state index is 0.237. The largest absolute Gasteiger partial charge is 0.466 e. The minimum Gasteiger partial charge on any atom is -0.466 e. The number of aromatic nitrogens is 1. The second-order valence-corrected chi connectivity index (χ2v) is 5.38. The summed E-state index contributed by atoms with van der Waals surface area (Å²) in [5.41, 5.74) is 1.84. The number of esters is 1. The summed E-state index contributed by atoms with van der Waals surface area (Å²) >= 11 is 7.32. The predicted octanol–water partition coefficient (Wildman–Crippen LogP) is 2.70. The molecule has 19 heavy (non-hydrogen) atoms. The molecule has 2 rings (SSSR count). The summed E-state index contributed by atoms with van der Waals surface area (Å²) in [6.07, 6.45) is 0. The molecular formula is C13H13BClNO2S. The van der Waals surface area contributed by atoms with Gasteiger partial charge in [-0.2, -0.15) is 0 Å². The zero-order chi connectivity index (χ0) is 13.8. The molecule has 6 heteroatoms. The van der Waals surface area contributed by atoms with E-state index in [1.807, 2.05) is 37.5 Å². The van der Waals surface area contributed by atoms with Crippen LogP contribution in [0.15, 0.2) is 29.6 Å². The second-order valence-electron chi connectivity index (χ2n) is 4.05. The summed E-state index contributed by atoms with van der Waals surface area (Å²) < 4.78 is 5.00. The number of thiazole rings is 1. The van der Waals surface area contributed by atoms with E-state index in [9.17, 15) is 4.79 Å². The number of ether oxygens (including phenoxy) is 1. The maximum absolute atomic E-state index is 11.7. The van der Waals surface area contributed by atoms with E-state index in [2.05, 4.69) is 4.98 Å². The van der Waals surface area contributed by atoms with Gasteiger partial charge in [0, 0.05) is 16.0 Å². The molecule has 0 aliphatic rings. The van der Waals surface area contributed by atoms with Crippen molar-refractivity contribution < 1.29 is 9.53 Å². The number of carbonyl (C=O) groups excluding carboxylic acids is 1. The van der Waals surface area contributed by atoms with Crippen LogP contribution < -0.4 is 0 Å². The molecule has 0 bridgehead atoms. The molecule has 0 spiro atoms. The Morgan fingerprint density at radius 1 is 1.47 bits per heavy atom. The Balaban J connectivity index is 2.19. The predicted molar refractivity (Wildman–Crippen MR) is 80.5 cm³/mol. The first-order chi connectivity index (χ1) is 9.11. The first-order valence-electron chi connectivity index (χ1n) is 5.99. The minimum atomic E-state index is -0.328. The van der Waals surface area contributed by atoms with Crippen molar-refractivity contribution in [2.75, 3.05) is 6.61 Å². The molecule has 98 valence electrons. The van der Waals surface area contributed by atoms with Gasteiger partial charge in [0.25, 0.3) is 0 Å². The fourth-order valence-electron chi connectivity index (χ4n) is 1.61. The second kappa shape index (κ2) is 6.22. The Kier molecular flexibility index (Phi) is 4.61. The molecule has 1 unspecified atom stereocenters. The van der Waals surface area contributed by atoms with Crippen molar-refractivity contribution in [2.24, 2.45) is 0 Å². The lowest BCUT2D eigenvalue weighted by Gasteiger charge is -2.06. The molecule has 0 radical (unpaired) electrons. The van der Waals surface area contributed by atoms with Crippen LogP contribution >= 0.6 is 22.9 Å². The van der Waals surface area contributed by atoms with E-state index in [-0.39, 0.29) is 11.8 Å². The number of benzene rings is 1. The third-order valence-electron chi connectivity index (χ3n) is 2.67. The molecule has 1 aromatic heterocycles. The fourth-order valence-corrected chi connectivity index (χ4v) is 2.61. The van der Waals surface area contributed by atoms with Gasteiger partial charge in [-0.1, -0.05) is 23.7 Å². The molecule has 0 saturated carbocycles. The average Bonchev–Trinajstić information content (AvgIpc) is 2.88. The van der Waals surface area contributed by atoms with Crippen LogP contribution in [0.2, 0.25) is 5.02 Å². The molecule has 0 N–H and O–H groups in total. The highest BCUT2D eigenvalue weighted by Crippen LogP contribution is 2.26. The summed E-state index contributed by atoms with van der Waals surface area (Å²) in [5, 5.41) is 3.40. The standard InChI is InChI=1S/C13H13BClNO2S/c1-2-18-13(17)11(14)12-16-10(7-19-12)8-3-5-9(15)6-4-8/h3-7,11H,2,14H2,1H3. The Labute approximate surface area is 122 Å². The van der Waals surface area contributed by atoms with Gasteiger partial charge in [0.1, 0.15) is 7.85 Å². The van der Waals surface area contributed by atoms with E-state index in [1.54, 1.807) is 6.92 Å². The molecule has 0 aliphatic heterocycles. The van der Waals surface area contributed by atoms with Crippen molar-refractivity contribution in [1.29, 1.82) is 0 Å². The number of halogens is 1. The van der Waals surface area contributed by atoms with E-state index in [0.29, 0.717) is 11.6 Å². The summed E-state index contributed by atoms with van der Waals surface area (Å²) in [5.74, 6) is -0.564. The summed E-state index contributed by atoms with van der Waals surface area (Å²) in [4.78, 5) is 16.1. The van der Waals surface area contributed by atoms with Crippen LogP contribution in [0.4, 0.5) is 0 Å². The number of nitrogens with zero attached hydrogens (tertiary/aromatic N) is 1. The van der Waals surface area contributed by atoms with Gasteiger partial charge >= 0.3 is 5.97 Å². The molecule has 1 aromatic carbocycles. The maximum atomic E-state index is 11.7. The molecule has 1 heterocycles. The number of hydrogen-bond acceptors (Lipinski definition) is 4. The Bertz CT molecular complexity index is 570. The van der Waals surface area contributed by atoms with Gasteiger partial charge in [0.2, 0.25) is 0 Å². The third kappa shape index (κ3) is 3.36. The highest BCUT2D eigenvalue weighted by molar-refractivity contribution is 7.10. The molecule has 0 aliphatic carbocycles. The quantitative estimate of drug-likeness (QED) is 0.643. The lowest BCUT2D eigenvalue weighted by molar-refractivity contribution is -0.142. The molecule has 2 aromatic rings. The van der Waals surface area contributed by atoms with E-state index in [0.717, 1.165) is 16.3 Å². The average molecular weight is 294 g/mol. The van der Waals surface area contributed by atoms with Crippen LogP contribution in [-0.2, 0) is 9.53 Å². The van der Waals surface area contributed by atoms with Crippen LogP contribution in [0.3, 0.4) is 0 Å². The van der Waals surface area contributed by atoms with E-state index in [1.165, 1.54) is 11.3 Å². The SMILES string of the molecule is BC(C(=O)OCC)c1nc(-c2ccc(Cl)cc2)cs1. The van der Waals surface area contributed by atoms with Gasteiger partial charge in [-0.3, -0.25) is 4.79 Å². The summed E-state index contributed by atoms with van der Waals surface area (Å²) in [7, 11) is 1.81. The van der Waals surface area contributed by atoms with Crippen molar-refractivity contribution in [3.05, 3.63) is 39.7 Å². The van der Waals surface area contributed by atoms with Crippen LogP contribution in [0, 0.1) is 0 Å². The van der Waals surface area contributed by atoms with E-state index < -0.39 is 0 Å². The van der Waals surface area contributed by atoms with Gasteiger partial charge < -0.3 is 4.74 Å². The Morgan fingerprint density at radius 3 is 2.79 bits per heavy atom. The number of carbonyl (C=O) groups is 1. The van der Waals surface area contributed by atoms with Crippen molar-refractivity contribution in [3.8, 4) is 11.3 Å². The topological polar surface area (TPSA) is 39.2 Å². The molecule has 3 nitrogen and oxygen atoms in total. The zero-order valence-corrected chi connectivity index (χ0v) is 12.3. The van der Waals surface area contributed by atoms with Crippen LogP contribution in [0.5, 0.6) is 0 Å². The van der Waals surface area contributed by atoms with Gasteiger partial charge in [-0.15, -0.1) is 11.3 Å². The first kappa shape index (κ1) is 14.1. The summed E-state index contributed by atoms with van der Waals surface area (Å²) in [6.45, 7) is 2.18. The van der Waals surface area contributed by atoms with Gasteiger partial charge in [-0.05, 0) is 19.1 Å². The van der Waals surface area contributed by atoms with Crippen LogP contribution in [-0.4, -0.2) is 25.4 Å². The monoisotopic (exact) mass is 293 g/mol. The lowest BCUT2D eigenvalue weighted by atomic mass is 9.88. The third-order valence-corrected chi connectivity index (χ3v) is 3.95. The van der Waals surface area contributed by atoms with Crippen LogP contribution in [0.25, 0.3) is 11.3 Å². The Morgan fingerprint density at radius 2 is 2.16 bits per heavy atom. The summed E-state index contributed by atoms with van der Waals surface area (Å²) in [6, 6.07) is 7.47. The van der Waals surface area contributed by atoms with Gasteiger partial charge in [0.15, 0.2) is 0 Å². The normalized spacial score (nSPS) is 12.1. The highest BCUT2D eigenvalue weighted by atomic mass is 35.5. The first-order valence-corrected chi connectivity index (χ1v) is 7.25. The van der Waals surface area contributed by atoms with E-state index in [4.69, 9.17) is 16.3 Å². The Hall–Kier alpha value is -1.33. The zero-order valence-electron chi connectivity index (χ0n) is 10.7. The fraction of sp³-hybridized carbons (Fsp3) is 0.231. The lowest BCUT2D eigenvalue weighted by Crippen LogP contribution is -2.15. The van der Waals surface area contributed by atoms with Crippen molar-refractivity contribution in [1.82, 2.24) is 4.98 Å². The van der Waals surface area contributed by atoms with Gasteiger partial charge in [0.05, 0.1) is 23.1 Å². The van der Waals surface area contributed by atoms with Crippen molar-refractivity contribution in [2.45, 2.75) is 12.7 Å². The smallest absolute Gasteiger partial charge is 0.307 e. The van der Waals surface area contributed by atoms with Crippen molar-refractivity contribution >= 4 is 36.8 Å². The van der Waals surface area contributed by atoms with Crippen molar-refractivity contribution in [3.63, 3.8) is 0 Å². The molecule has 0 fully saturated rings. The molecule has 0 amide bonds. The number of rotatable bonds is 4. The molecular weight excluding hydrogens is 280 g/mol. The molecule has 1 atom stereocenters. The van der Waals surface area contributed by atoms with E-state index >= 15 is 0 Å². The van der Waals surface area contributed by atoms with Gasteiger partial charge in [-0.25, -0.2) is 4.98 Å². The highest BCUT2D eigenvalue weighted by Gasteiger charge is 2.20. The maximum Gasteiger partial charge on any atom is 0.307 e. The number of hydrogen-bond donors (Lipinski definition) is 0.